The Morgan fingerprint density at radius 1 is 1.41 bits per heavy atom. The number of hydrogen-bond donors (Lipinski definition) is 1. The van der Waals surface area contributed by atoms with Crippen LogP contribution in [0.25, 0.3) is 6.08 Å². The number of fused-ring (bicyclic) bond motifs is 1. The number of thiazole rings is 1. The van der Waals surface area contributed by atoms with E-state index in [1.165, 1.54) is 40.2 Å². The van der Waals surface area contributed by atoms with E-state index in [9.17, 15) is 24.8 Å². The summed E-state index contributed by atoms with van der Waals surface area (Å²) in [7, 11) is 0. The summed E-state index contributed by atoms with van der Waals surface area (Å²) < 4.78 is 6.87. The van der Waals surface area contributed by atoms with E-state index in [-0.39, 0.29) is 33.7 Å². The van der Waals surface area contributed by atoms with Crippen LogP contribution >= 0.6 is 22.7 Å². The zero-order valence-corrected chi connectivity index (χ0v) is 18.6. The second kappa shape index (κ2) is 8.52. The molecule has 3 aromatic rings. The zero-order chi connectivity index (χ0) is 23.0. The Morgan fingerprint density at radius 3 is 2.84 bits per heavy atom. The monoisotopic (exact) mass is 471 g/mol. The first-order valence-electron chi connectivity index (χ1n) is 9.52. The van der Waals surface area contributed by atoms with E-state index < -0.39 is 22.5 Å². The third-order valence-corrected chi connectivity index (χ3v) is 6.75. The summed E-state index contributed by atoms with van der Waals surface area (Å²) in [5, 5.41) is 23.1. The second-order valence-electron chi connectivity index (χ2n) is 6.82. The molecule has 0 bridgehead atoms. The Labute approximate surface area is 189 Å². The molecule has 0 spiro atoms. The lowest BCUT2D eigenvalue weighted by molar-refractivity contribution is -0.384. The summed E-state index contributed by atoms with van der Waals surface area (Å²) in [6.45, 7) is 3.58. The predicted molar refractivity (Wildman–Crippen MR) is 119 cm³/mol. The third kappa shape index (κ3) is 3.76. The number of benzene rings is 1. The number of aromatic nitrogens is 1. The molecule has 32 heavy (non-hydrogen) atoms. The number of thiophene rings is 1. The van der Waals surface area contributed by atoms with Crippen molar-refractivity contribution in [1.29, 1.82) is 0 Å². The van der Waals surface area contributed by atoms with Crippen LogP contribution in [0.1, 0.15) is 30.3 Å². The van der Waals surface area contributed by atoms with Crippen LogP contribution in [-0.2, 0) is 9.53 Å². The van der Waals surface area contributed by atoms with Crippen molar-refractivity contribution in [3.8, 4) is 5.75 Å². The summed E-state index contributed by atoms with van der Waals surface area (Å²) >= 11 is 2.48. The van der Waals surface area contributed by atoms with Gasteiger partial charge in [0.25, 0.3) is 11.2 Å². The van der Waals surface area contributed by atoms with Crippen LogP contribution in [0.3, 0.4) is 0 Å². The molecular formula is C21H17N3O6S2. The van der Waals surface area contributed by atoms with Gasteiger partial charge in [-0.1, -0.05) is 17.4 Å². The largest absolute Gasteiger partial charge is 0.507 e. The molecule has 9 nitrogen and oxygen atoms in total. The number of allylic oxidation sites excluding steroid dienone is 1. The van der Waals surface area contributed by atoms with Crippen molar-refractivity contribution in [2.45, 2.75) is 19.9 Å². The summed E-state index contributed by atoms with van der Waals surface area (Å²) in [4.78, 5) is 42.2. The van der Waals surface area contributed by atoms with Crippen molar-refractivity contribution in [3.63, 3.8) is 0 Å². The average Bonchev–Trinajstić information content (AvgIpc) is 3.37. The zero-order valence-electron chi connectivity index (χ0n) is 17.0. The van der Waals surface area contributed by atoms with Gasteiger partial charge >= 0.3 is 5.97 Å². The maximum absolute atomic E-state index is 13.4. The molecule has 1 aliphatic rings. The molecule has 2 aromatic heterocycles. The number of nitrogens with zero attached hydrogens (tertiary/aromatic N) is 3. The minimum atomic E-state index is -0.703. The molecule has 4 rings (SSSR count). The SMILES string of the molecule is CCOC(=O)C1=C(C)N=c2s/c(=C\c3cc([N+](=O)[O-])ccc3O)c(=O)n2[C@H]1c1cccs1. The topological polar surface area (TPSA) is 124 Å². The van der Waals surface area contributed by atoms with E-state index in [1.54, 1.807) is 13.8 Å². The standard InChI is InChI=1S/C21H17N3O6S2/c1-3-30-20(27)17-11(2)22-21-23(18(17)15-5-4-8-31-15)19(26)16(32-21)10-12-9-13(24(28)29)6-7-14(12)25/h4-10,18,25H,3H2,1-2H3/b16-10-/t18-/m0/s1. The fourth-order valence-electron chi connectivity index (χ4n) is 3.42. The highest BCUT2D eigenvalue weighted by molar-refractivity contribution is 7.10. The number of phenols is 1. The molecule has 3 heterocycles. The Hall–Kier alpha value is -3.57. The van der Waals surface area contributed by atoms with Gasteiger partial charge in [0.05, 0.1) is 27.3 Å². The first-order valence-corrected chi connectivity index (χ1v) is 11.2. The number of ether oxygens (including phenoxy) is 1. The normalized spacial score (nSPS) is 15.9. The van der Waals surface area contributed by atoms with Crippen LogP contribution in [0.15, 0.2) is 56.8 Å². The molecule has 1 aliphatic heterocycles. The Balaban J connectivity index is 1.95. The number of nitro benzene ring substituents is 1. The highest BCUT2D eigenvalue weighted by Gasteiger charge is 2.33. The summed E-state index contributed by atoms with van der Waals surface area (Å²) in [6, 6.07) is 6.54. The smallest absolute Gasteiger partial charge is 0.338 e. The Morgan fingerprint density at radius 2 is 2.19 bits per heavy atom. The third-order valence-electron chi connectivity index (χ3n) is 4.84. The van der Waals surface area contributed by atoms with Crippen LogP contribution in [0.5, 0.6) is 5.75 Å². The van der Waals surface area contributed by atoms with E-state index in [4.69, 9.17) is 4.74 Å². The molecule has 0 amide bonds. The van der Waals surface area contributed by atoms with Crippen molar-refractivity contribution >= 4 is 40.4 Å². The highest BCUT2D eigenvalue weighted by Crippen LogP contribution is 2.33. The van der Waals surface area contributed by atoms with Gasteiger partial charge in [-0.3, -0.25) is 19.5 Å². The van der Waals surface area contributed by atoms with Crippen LogP contribution < -0.4 is 14.9 Å². The lowest BCUT2D eigenvalue weighted by atomic mass is 10.0. The van der Waals surface area contributed by atoms with Crippen LogP contribution in [0, 0.1) is 10.1 Å². The molecule has 0 fully saturated rings. The van der Waals surface area contributed by atoms with E-state index in [0.29, 0.717) is 10.5 Å². The van der Waals surface area contributed by atoms with Gasteiger partial charge in [0.15, 0.2) is 4.80 Å². The number of esters is 1. The summed E-state index contributed by atoms with van der Waals surface area (Å²) in [5.41, 5.74) is 0.240. The fraction of sp³-hybridized carbons (Fsp3) is 0.190. The number of carbonyl (C=O) groups excluding carboxylic acids is 1. The van der Waals surface area contributed by atoms with E-state index >= 15 is 0 Å². The molecule has 1 aromatic carbocycles. The lowest BCUT2D eigenvalue weighted by Gasteiger charge is -2.23. The Kier molecular flexibility index (Phi) is 5.76. The molecular weight excluding hydrogens is 454 g/mol. The van der Waals surface area contributed by atoms with Crippen molar-refractivity contribution in [2.24, 2.45) is 4.99 Å². The number of nitro groups is 1. The molecule has 0 radical (unpaired) electrons. The minimum Gasteiger partial charge on any atom is -0.507 e. The molecule has 0 saturated heterocycles. The number of non-ortho nitro benzene ring substituents is 1. The number of hydrogen-bond acceptors (Lipinski definition) is 9. The minimum absolute atomic E-state index is 0.137. The van der Waals surface area contributed by atoms with Crippen molar-refractivity contribution in [2.75, 3.05) is 6.61 Å². The maximum Gasteiger partial charge on any atom is 0.338 e. The number of aromatic hydroxyl groups is 1. The van der Waals surface area contributed by atoms with Gasteiger partial charge in [0.2, 0.25) is 0 Å². The van der Waals surface area contributed by atoms with Gasteiger partial charge < -0.3 is 9.84 Å². The van der Waals surface area contributed by atoms with Gasteiger partial charge in [-0.2, -0.15) is 0 Å². The van der Waals surface area contributed by atoms with Gasteiger partial charge in [0, 0.05) is 22.6 Å². The fourth-order valence-corrected chi connectivity index (χ4v) is 5.28. The molecule has 1 N–H and O–H groups in total. The maximum atomic E-state index is 13.4. The molecule has 0 saturated carbocycles. The summed E-state index contributed by atoms with van der Waals surface area (Å²) in [6.07, 6.45) is 1.39. The first kappa shape index (κ1) is 21.7. The van der Waals surface area contributed by atoms with E-state index in [0.717, 1.165) is 16.2 Å². The predicted octanol–water partition coefficient (Wildman–Crippen LogP) is 2.47. The molecule has 0 aliphatic carbocycles. The van der Waals surface area contributed by atoms with Crippen LogP contribution in [0.2, 0.25) is 0 Å². The number of rotatable bonds is 5. The average molecular weight is 472 g/mol. The number of carbonyl (C=O) groups is 1. The highest BCUT2D eigenvalue weighted by atomic mass is 32.1. The first-order chi connectivity index (χ1) is 15.3. The van der Waals surface area contributed by atoms with Crippen molar-refractivity contribution < 1.29 is 19.6 Å². The van der Waals surface area contributed by atoms with E-state index in [2.05, 4.69) is 4.99 Å². The van der Waals surface area contributed by atoms with Crippen molar-refractivity contribution in [3.05, 3.63) is 87.2 Å². The molecule has 1 atom stereocenters. The quantitative estimate of drug-likeness (QED) is 0.346. The van der Waals surface area contributed by atoms with Crippen LogP contribution in [-0.4, -0.2) is 27.2 Å². The summed E-state index contributed by atoms with van der Waals surface area (Å²) in [5.74, 6) is -0.739. The van der Waals surface area contributed by atoms with Gasteiger partial charge in [-0.15, -0.1) is 11.3 Å². The van der Waals surface area contributed by atoms with Gasteiger partial charge in [0.1, 0.15) is 11.8 Å². The van der Waals surface area contributed by atoms with Gasteiger partial charge in [-0.05, 0) is 37.4 Å². The van der Waals surface area contributed by atoms with Crippen molar-refractivity contribution in [1.82, 2.24) is 4.57 Å². The second-order valence-corrected chi connectivity index (χ2v) is 8.81. The molecule has 0 unspecified atom stereocenters. The van der Waals surface area contributed by atoms with Gasteiger partial charge in [-0.25, -0.2) is 9.79 Å². The van der Waals surface area contributed by atoms with E-state index in [1.807, 2.05) is 17.5 Å². The molecule has 164 valence electrons. The lowest BCUT2D eigenvalue weighted by Crippen LogP contribution is -2.39. The number of phenolic OH excluding ortho intramolecular Hbond substituents is 1. The Bertz CT molecular complexity index is 1430. The van der Waals surface area contributed by atoms with Crippen LogP contribution in [0.4, 0.5) is 5.69 Å². The molecule has 11 heteroatoms.